The fourth-order valence-electron chi connectivity index (χ4n) is 1.92. The van der Waals surface area contributed by atoms with Crippen LogP contribution in [0.1, 0.15) is 17.5 Å². The van der Waals surface area contributed by atoms with Crippen molar-refractivity contribution in [2.75, 3.05) is 0 Å². The molecule has 2 aromatic rings. The van der Waals surface area contributed by atoms with E-state index in [2.05, 4.69) is 46.5 Å². The lowest BCUT2D eigenvalue weighted by molar-refractivity contribution is 0.491. The van der Waals surface area contributed by atoms with E-state index in [1.807, 2.05) is 6.07 Å². The summed E-state index contributed by atoms with van der Waals surface area (Å²) in [4.78, 5) is 0. The van der Waals surface area contributed by atoms with E-state index in [1.165, 1.54) is 11.1 Å². The highest BCUT2D eigenvalue weighted by molar-refractivity contribution is 7.07. The van der Waals surface area contributed by atoms with E-state index in [1.54, 1.807) is 11.3 Å². The first-order valence-corrected chi connectivity index (χ1v) is 6.84. The summed E-state index contributed by atoms with van der Waals surface area (Å²) in [5, 5.41) is 4.33. The third-order valence-electron chi connectivity index (χ3n) is 2.92. The Morgan fingerprint density at radius 2 is 1.94 bits per heavy atom. The van der Waals surface area contributed by atoms with Crippen molar-refractivity contribution in [3.05, 3.63) is 58.3 Å². The lowest BCUT2D eigenvalue weighted by Gasteiger charge is -2.15. The number of nitrogens with two attached hydrogens (primary N) is 1. The Bertz CT molecular complexity index is 411. The van der Waals surface area contributed by atoms with Crippen molar-refractivity contribution >= 4 is 11.3 Å². The molecule has 1 aromatic heterocycles. The van der Waals surface area contributed by atoms with E-state index < -0.39 is 0 Å². The lowest BCUT2D eigenvalue weighted by atomic mass is 10.0. The standard InChI is InChI=1S/C14H18N2S/c15-16-14(7-6-13-8-9-17-11-13)10-12-4-2-1-3-5-12/h1-5,8-9,11,14,16H,6-7,10,15H2. The average Bonchev–Trinajstić information content (AvgIpc) is 2.89. The van der Waals surface area contributed by atoms with Crippen LogP contribution in [0, 0.1) is 0 Å². The predicted molar refractivity (Wildman–Crippen MR) is 73.9 cm³/mol. The van der Waals surface area contributed by atoms with Gasteiger partial charge in [-0.1, -0.05) is 30.3 Å². The van der Waals surface area contributed by atoms with Crippen LogP contribution < -0.4 is 11.3 Å². The molecule has 3 heteroatoms. The first-order valence-electron chi connectivity index (χ1n) is 5.89. The Kier molecular flexibility index (Phi) is 4.74. The summed E-state index contributed by atoms with van der Waals surface area (Å²) < 4.78 is 0. The molecule has 0 saturated heterocycles. The van der Waals surface area contributed by atoms with E-state index in [-0.39, 0.29) is 0 Å². The molecule has 3 N–H and O–H groups in total. The Labute approximate surface area is 106 Å². The number of aryl methyl sites for hydroxylation is 1. The maximum Gasteiger partial charge on any atom is 0.0254 e. The Balaban J connectivity index is 1.85. The molecule has 2 rings (SSSR count). The van der Waals surface area contributed by atoms with Crippen molar-refractivity contribution in [2.24, 2.45) is 5.84 Å². The van der Waals surface area contributed by atoms with Gasteiger partial charge in [0.1, 0.15) is 0 Å². The van der Waals surface area contributed by atoms with Gasteiger partial charge < -0.3 is 0 Å². The van der Waals surface area contributed by atoms with Crippen LogP contribution in [0.4, 0.5) is 0 Å². The number of thiophene rings is 1. The molecule has 0 aliphatic carbocycles. The molecule has 0 fully saturated rings. The smallest absolute Gasteiger partial charge is 0.0254 e. The van der Waals surface area contributed by atoms with Crippen LogP contribution in [-0.4, -0.2) is 6.04 Å². The molecule has 0 aliphatic rings. The SMILES string of the molecule is NNC(CCc1ccsc1)Cc1ccccc1. The maximum atomic E-state index is 5.61. The number of hydrogen-bond donors (Lipinski definition) is 2. The maximum absolute atomic E-state index is 5.61. The van der Waals surface area contributed by atoms with Gasteiger partial charge in [-0.15, -0.1) is 0 Å². The normalized spacial score (nSPS) is 12.5. The van der Waals surface area contributed by atoms with E-state index in [0.717, 1.165) is 19.3 Å². The highest BCUT2D eigenvalue weighted by atomic mass is 32.1. The molecule has 0 spiro atoms. The molecule has 17 heavy (non-hydrogen) atoms. The van der Waals surface area contributed by atoms with Gasteiger partial charge in [0.2, 0.25) is 0 Å². The van der Waals surface area contributed by atoms with Gasteiger partial charge in [0.05, 0.1) is 0 Å². The molecular formula is C14H18N2S. The quantitative estimate of drug-likeness (QED) is 0.607. The zero-order valence-corrected chi connectivity index (χ0v) is 10.6. The van der Waals surface area contributed by atoms with Crippen LogP contribution in [0.2, 0.25) is 0 Å². The number of hydrazine groups is 1. The van der Waals surface area contributed by atoms with Crippen molar-refractivity contribution in [3.63, 3.8) is 0 Å². The van der Waals surface area contributed by atoms with Crippen molar-refractivity contribution in [1.29, 1.82) is 0 Å². The summed E-state index contributed by atoms with van der Waals surface area (Å²) in [6, 6.07) is 13.0. The van der Waals surface area contributed by atoms with Gasteiger partial charge in [-0.05, 0) is 47.2 Å². The Morgan fingerprint density at radius 1 is 1.12 bits per heavy atom. The predicted octanol–water partition coefficient (Wildman–Crippen LogP) is 2.76. The van der Waals surface area contributed by atoms with Crippen LogP contribution in [0.25, 0.3) is 0 Å². The second-order valence-electron chi connectivity index (χ2n) is 4.22. The van der Waals surface area contributed by atoms with Gasteiger partial charge in [-0.3, -0.25) is 11.3 Å². The van der Waals surface area contributed by atoms with Crippen molar-refractivity contribution < 1.29 is 0 Å². The fourth-order valence-corrected chi connectivity index (χ4v) is 2.62. The average molecular weight is 246 g/mol. The lowest BCUT2D eigenvalue weighted by Crippen LogP contribution is -2.37. The molecule has 2 nitrogen and oxygen atoms in total. The Morgan fingerprint density at radius 3 is 2.59 bits per heavy atom. The van der Waals surface area contributed by atoms with Crippen molar-refractivity contribution in [1.82, 2.24) is 5.43 Å². The van der Waals surface area contributed by atoms with Gasteiger partial charge in [0, 0.05) is 6.04 Å². The van der Waals surface area contributed by atoms with Gasteiger partial charge in [-0.25, -0.2) is 0 Å². The topological polar surface area (TPSA) is 38.0 Å². The number of hydrogen-bond acceptors (Lipinski definition) is 3. The molecule has 0 aliphatic heterocycles. The number of rotatable bonds is 6. The molecule has 0 saturated carbocycles. The third kappa shape index (κ3) is 3.97. The molecular weight excluding hydrogens is 228 g/mol. The first-order chi connectivity index (χ1) is 8.38. The van der Waals surface area contributed by atoms with Crippen LogP contribution >= 0.6 is 11.3 Å². The summed E-state index contributed by atoms with van der Waals surface area (Å²) in [5.74, 6) is 5.61. The summed E-state index contributed by atoms with van der Waals surface area (Å²) in [6.07, 6.45) is 3.15. The summed E-state index contributed by atoms with van der Waals surface area (Å²) in [7, 11) is 0. The zero-order chi connectivity index (χ0) is 11.9. The van der Waals surface area contributed by atoms with Crippen LogP contribution in [0.15, 0.2) is 47.2 Å². The highest BCUT2D eigenvalue weighted by Gasteiger charge is 2.07. The summed E-state index contributed by atoms with van der Waals surface area (Å²) >= 11 is 1.75. The monoisotopic (exact) mass is 246 g/mol. The molecule has 0 bridgehead atoms. The van der Waals surface area contributed by atoms with Gasteiger partial charge >= 0.3 is 0 Å². The van der Waals surface area contributed by atoms with E-state index in [4.69, 9.17) is 5.84 Å². The molecule has 1 aromatic carbocycles. The minimum Gasteiger partial charge on any atom is -0.271 e. The largest absolute Gasteiger partial charge is 0.271 e. The molecule has 0 radical (unpaired) electrons. The van der Waals surface area contributed by atoms with Crippen molar-refractivity contribution in [3.8, 4) is 0 Å². The van der Waals surface area contributed by atoms with Gasteiger partial charge in [0.15, 0.2) is 0 Å². The molecule has 90 valence electrons. The van der Waals surface area contributed by atoms with Crippen LogP contribution in [-0.2, 0) is 12.8 Å². The van der Waals surface area contributed by atoms with Gasteiger partial charge in [-0.2, -0.15) is 11.3 Å². The van der Waals surface area contributed by atoms with E-state index >= 15 is 0 Å². The molecule has 1 unspecified atom stereocenters. The number of nitrogens with one attached hydrogen (secondary N) is 1. The first kappa shape index (κ1) is 12.3. The highest BCUT2D eigenvalue weighted by Crippen LogP contribution is 2.12. The Hall–Kier alpha value is -1.16. The molecule has 1 heterocycles. The van der Waals surface area contributed by atoms with Crippen LogP contribution in [0.5, 0.6) is 0 Å². The third-order valence-corrected chi connectivity index (χ3v) is 3.65. The minimum absolute atomic E-state index is 0.345. The van der Waals surface area contributed by atoms with Crippen molar-refractivity contribution in [2.45, 2.75) is 25.3 Å². The zero-order valence-electron chi connectivity index (χ0n) is 9.80. The molecule has 1 atom stereocenters. The van der Waals surface area contributed by atoms with E-state index in [9.17, 15) is 0 Å². The second-order valence-corrected chi connectivity index (χ2v) is 5.00. The molecule has 0 amide bonds. The van der Waals surface area contributed by atoms with E-state index in [0.29, 0.717) is 6.04 Å². The van der Waals surface area contributed by atoms with Crippen LogP contribution in [0.3, 0.4) is 0 Å². The minimum atomic E-state index is 0.345. The number of benzene rings is 1. The second kappa shape index (κ2) is 6.55. The summed E-state index contributed by atoms with van der Waals surface area (Å²) in [5.41, 5.74) is 5.66. The summed E-state index contributed by atoms with van der Waals surface area (Å²) in [6.45, 7) is 0. The van der Waals surface area contributed by atoms with Gasteiger partial charge in [0.25, 0.3) is 0 Å². The fraction of sp³-hybridized carbons (Fsp3) is 0.286.